The molecule has 3 heteroatoms. The summed E-state index contributed by atoms with van der Waals surface area (Å²) in [5, 5.41) is 3.48. The van der Waals surface area contributed by atoms with E-state index in [0.29, 0.717) is 5.92 Å². The highest BCUT2D eigenvalue weighted by Crippen LogP contribution is 2.21. The quantitative estimate of drug-likeness (QED) is 0.800. The lowest BCUT2D eigenvalue weighted by molar-refractivity contribution is 0.395. The predicted octanol–water partition coefficient (Wildman–Crippen LogP) is 3.94. The molecule has 1 N–H and O–H groups in total. The first kappa shape index (κ1) is 14.5. The summed E-state index contributed by atoms with van der Waals surface area (Å²) in [5.41, 5.74) is 0.164. The van der Waals surface area contributed by atoms with Gasteiger partial charge in [0, 0.05) is 16.2 Å². The van der Waals surface area contributed by atoms with E-state index in [0.717, 1.165) is 17.2 Å². The highest BCUT2D eigenvalue weighted by molar-refractivity contribution is 7.99. The van der Waals surface area contributed by atoms with Crippen molar-refractivity contribution in [3.63, 3.8) is 0 Å². The monoisotopic (exact) mass is 255 g/mol. The second-order valence-corrected chi connectivity index (χ2v) is 6.60. The lowest BCUT2D eigenvalue weighted by atomic mass is 10.1. The number of hydrogen-bond acceptors (Lipinski definition) is 2. The van der Waals surface area contributed by atoms with Crippen molar-refractivity contribution >= 4 is 11.8 Å². The molecule has 96 valence electrons. The zero-order valence-electron chi connectivity index (χ0n) is 11.1. The minimum absolute atomic E-state index is 0.157. The molecule has 1 unspecified atom stereocenters. The highest BCUT2D eigenvalue weighted by Gasteiger charge is 2.11. The first-order valence-corrected chi connectivity index (χ1v) is 6.99. The Labute approximate surface area is 108 Å². The molecule has 17 heavy (non-hydrogen) atoms. The van der Waals surface area contributed by atoms with Crippen molar-refractivity contribution in [3.05, 3.63) is 30.1 Å². The number of rotatable bonds is 5. The van der Waals surface area contributed by atoms with Gasteiger partial charge in [-0.15, -0.1) is 11.8 Å². The molecule has 1 atom stereocenters. The van der Waals surface area contributed by atoms with Crippen molar-refractivity contribution < 1.29 is 4.39 Å². The van der Waals surface area contributed by atoms with Crippen molar-refractivity contribution in [2.24, 2.45) is 5.92 Å². The average Bonchev–Trinajstić information content (AvgIpc) is 2.23. The topological polar surface area (TPSA) is 12.0 Å². The standard InChI is InChI=1S/C14H22FNS/c1-11(9-16-14(2,3)4)10-17-13-7-5-6-12(15)8-13/h5-8,11,16H,9-10H2,1-4H3. The molecule has 0 aliphatic rings. The molecule has 0 aliphatic heterocycles. The Bertz CT molecular complexity index is 346. The van der Waals surface area contributed by atoms with E-state index >= 15 is 0 Å². The Kier molecular flexibility index (Phi) is 5.47. The second-order valence-electron chi connectivity index (χ2n) is 5.50. The Balaban J connectivity index is 2.31. The lowest BCUT2D eigenvalue weighted by Crippen LogP contribution is -2.39. The summed E-state index contributed by atoms with van der Waals surface area (Å²) in [7, 11) is 0. The molecule has 0 radical (unpaired) electrons. The average molecular weight is 255 g/mol. The maximum Gasteiger partial charge on any atom is 0.124 e. The van der Waals surface area contributed by atoms with Gasteiger partial charge in [-0.1, -0.05) is 13.0 Å². The molecule has 1 nitrogen and oxygen atoms in total. The number of thioether (sulfide) groups is 1. The molecule has 0 bridgehead atoms. The van der Waals surface area contributed by atoms with Crippen LogP contribution in [0.25, 0.3) is 0 Å². The molecule has 1 aromatic carbocycles. The second kappa shape index (κ2) is 6.41. The number of hydrogen-bond donors (Lipinski definition) is 1. The van der Waals surface area contributed by atoms with Crippen LogP contribution in [-0.4, -0.2) is 17.8 Å². The Morgan fingerprint density at radius 2 is 2.06 bits per heavy atom. The molecule has 0 heterocycles. The van der Waals surface area contributed by atoms with Crippen LogP contribution in [0.15, 0.2) is 29.2 Å². The van der Waals surface area contributed by atoms with Crippen LogP contribution >= 0.6 is 11.8 Å². The van der Waals surface area contributed by atoms with Gasteiger partial charge in [-0.25, -0.2) is 4.39 Å². The van der Waals surface area contributed by atoms with E-state index in [2.05, 4.69) is 33.0 Å². The van der Waals surface area contributed by atoms with Gasteiger partial charge >= 0.3 is 0 Å². The zero-order chi connectivity index (χ0) is 12.9. The van der Waals surface area contributed by atoms with Crippen LogP contribution in [-0.2, 0) is 0 Å². The smallest absolute Gasteiger partial charge is 0.124 e. The molecule has 0 fully saturated rings. The van der Waals surface area contributed by atoms with Gasteiger partial charge in [-0.05, 0) is 51.4 Å². The van der Waals surface area contributed by atoms with Crippen LogP contribution in [0.1, 0.15) is 27.7 Å². The fraction of sp³-hybridized carbons (Fsp3) is 0.571. The summed E-state index contributed by atoms with van der Waals surface area (Å²) in [6.07, 6.45) is 0. The molecular formula is C14H22FNS. The molecule has 0 saturated carbocycles. The first-order valence-electron chi connectivity index (χ1n) is 6.00. The fourth-order valence-electron chi connectivity index (χ4n) is 1.33. The predicted molar refractivity (Wildman–Crippen MR) is 74.0 cm³/mol. The first-order chi connectivity index (χ1) is 7.87. The van der Waals surface area contributed by atoms with E-state index in [4.69, 9.17) is 0 Å². The summed E-state index contributed by atoms with van der Waals surface area (Å²) in [6.45, 7) is 9.70. The maximum atomic E-state index is 13.0. The Morgan fingerprint density at radius 1 is 1.35 bits per heavy atom. The van der Waals surface area contributed by atoms with E-state index in [1.807, 2.05) is 6.07 Å². The number of benzene rings is 1. The summed E-state index contributed by atoms with van der Waals surface area (Å²) in [5.74, 6) is 1.42. The molecular weight excluding hydrogens is 233 g/mol. The lowest BCUT2D eigenvalue weighted by Gasteiger charge is -2.23. The van der Waals surface area contributed by atoms with Gasteiger partial charge in [-0.2, -0.15) is 0 Å². The minimum Gasteiger partial charge on any atom is -0.312 e. The van der Waals surface area contributed by atoms with Gasteiger partial charge in [0.1, 0.15) is 5.82 Å². The largest absolute Gasteiger partial charge is 0.312 e. The number of halogens is 1. The van der Waals surface area contributed by atoms with E-state index in [-0.39, 0.29) is 11.4 Å². The Morgan fingerprint density at radius 3 is 2.65 bits per heavy atom. The van der Waals surface area contributed by atoms with Crippen LogP contribution < -0.4 is 5.32 Å². The van der Waals surface area contributed by atoms with Crippen LogP contribution in [0, 0.1) is 11.7 Å². The van der Waals surface area contributed by atoms with Crippen LogP contribution in [0.5, 0.6) is 0 Å². The van der Waals surface area contributed by atoms with Crippen molar-refractivity contribution in [2.45, 2.75) is 38.1 Å². The van der Waals surface area contributed by atoms with E-state index in [9.17, 15) is 4.39 Å². The van der Waals surface area contributed by atoms with Crippen LogP contribution in [0.2, 0.25) is 0 Å². The van der Waals surface area contributed by atoms with Gasteiger partial charge in [0.2, 0.25) is 0 Å². The summed E-state index contributed by atoms with van der Waals surface area (Å²) >= 11 is 1.71. The molecule has 0 spiro atoms. The zero-order valence-corrected chi connectivity index (χ0v) is 11.9. The summed E-state index contributed by atoms with van der Waals surface area (Å²) < 4.78 is 13.0. The molecule has 1 rings (SSSR count). The SMILES string of the molecule is CC(CNC(C)(C)C)CSc1cccc(F)c1. The van der Waals surface area contributed by atoms with Crippen molar-refractivity contribution in [1.29, 1.82) is 0 Å². The van der Waals surface area contributed by atoms with Crippen molar-refractivity contribution in [1.82, 2.24) is 5.32 Å². The van der Waals surface area contributed by atoms with Gasteiger partial charge in [0.15, 0.2) is 0 Å². The van der Waals surface area contributed by atoms with E-state index in [1.54, 1.807) is 23.9 Å². The third-order valence-corrected chi connectivity index (χ3v) is 3.63. The summed E-state index contributed by atoms with van der Waals surface area (Å²) in [6, 6.07) is 6.79. The van der Waals surface area contributed by atoms with Crippen molar-refractivity contribution in [3.8, 4) is 0 Å². The summed E-state index contributed by atoms with van der Waals surface area (Å²) in [4.78, 5) is 1.01. The highest BCUT2D eigenvalue weighted by atomic mass is 32.2. The molecule has 0 amide bonds. The molecule has 0 aliphatic carbocycles. The maximum absolute atomic E-state index is 13.0. The molecule has 0 saturated heterocycles. The van der Waals surface area contributed by atoms with Crippen molar-refractivity contribution in [2.75, 3.05) is 12.3 Å². The van der Waals surface area contributed by atoms with Gasteiger partial charge in [0.05, 0.1) is 0 Å². The van der Waals surface area contributed by atoms with E-state index in [1.165, 1.54) is 6.07 Å². The molecule has 0 aromatic heterocycles. The van der Waals surface area contributed by atoms with Crippen LogP contribution in [0.3, 0.4) is 0 Å². The third-order valence-electron chi connectivity index (χ3n) is 2.31. The molecule has 1 aromatic rings. The number of nitrogens with one attached hydrogen (secondary N) is 1. The van der Waals surface area contributed by atoms with Crippen LogP contribution in [0.4, 0.5) is 4.39 Å². The fourth-order valence-corrected chi connectivity index (χ4v) is 2.30. The van der Waals surface area contributed by atoms with Gasteiger partial charge < -0.3 is 5.32 Å². The van der Waals surface area contributed by atoms with E-state index < -0.39 is 0 Å². The normalized spacial score (nSPS) is 13.7. The Hall–Kier alpha value is -0.540. The van der Waals surface area contributed by atoms with Gasteiger partial charge in [0.25, 0.3) is 0 Å². The third kappa shape index (κ3) is 6.69. The van der Waals surface area contributed by atoms with Gasteiger partial charge in [-0.3, -0.25) is 0 Å². The minimum atomic E-state index is -0.157.